The van der Waals surface area contributed by atoms with Gasteiger partial charge in [-0.1, -0.05) is 67.3 Å². The van der Waals surface area contributed by atoms with Crippen LogP contribution >= 0.6 is 0 Å². The molecule has 1 heterocycles. The fourth-order valence-electron chi connectivity index (χ4n) is 5.30. The van der Waals surface area contributed by atoms with E-state index in [9.17, 15) is 4.79 Å². The van der Waals surface area contributed by atoms with Crippen molar-refractivity contribution in [3.63, 3.8) is 0 Å². The zero-order chi connectivity index (χ0) is 21.2. The summed E-state index contributed by atoms with van der Waals surface area (Å²) in [5.74, 6) is 1.09. The Bertz CT molecular complexity index is 1060. The van der Waals surface area contributed by atoms with E-state index in [0.29, 0.717) is 12.5 Å². The van der Waals surface area contributed by atoms with Crippen molar-refractivity contribution in [3.8, 4) is 0 Å². The van der Waals surface area contributed by atoms with E-state index in [0.717, 1.165) is 25.3 Å². The summed E-state index contributed by atoms with van der Waals surface area (Å²) in [5.41, 5.74) is 5.08. The first-order chi connectivity index (χ1) is 15.2. The van der Waals surface area contributed by atoms with Gasteiger partial charge in [0.1, 0.15) is 0 Å². The maximum absolute atomic E-state index is 13.2. The molecular weight excluding hydrogens is 380 g/mol. The Morgan fingerprint density at radius 1 is 1.03 bits per heavy atom. The van der Waals surface area contributed by atoms with Crippen molar-refractivity contribution in [2.75, 3.05) is 0 Å². The van der Waals surface area contributed by atoms with Crippen LogP contribution in [-0.4, -0.2) is 16.5 Å². The molecule has 3 nitrogen and oxygen atoms in total. The molecular formula is C28H34N2O. The van der Waals surface area contributed by atoms with Crippen molar-refractivity contribution in [2.45, 2.75) is 76.8 Å². The predicted molar refractivity (Wildman–Crippen MR) is 127 cm³/mol. The van der Waals surface area contributed by atoms with E-state index in [2.05, 4.69) is 71.5 Å². The van der Waals surface area contributed by atoms with Crippen LogP contribution in [0.4, 0.5) is 0 Å². The zero-order valence-electron chi connectivity index (χ0n) is 18.6. The topological polar surface area (TPSA) is 34.0 Å². The molecule has 1 aromatic heterocycles. The summed E-state index contributed by atoms with van der Waals surface area (Å²) in [6, 6.07) is 17.8. The van der Waals surface area contributed by atoms with E-state index in [1.54, 1.807) is 0 Å². The summed E-state index contributed by atoms with van der Waals surface area (Å²) in [6.45, 7) is 3.23. The number of hydrogen-bond acceptors (Lipinski definition) is 1. The second kappa shape index (κ2) is 8.90. The van der Waals surface area contributed by atoms with Gasteiger partial charge in [0.2, 0.25) is 5.91 Å². The second-order valence-electron chi connectivity index (χ2n) is 9.77. The minimum atomic E-state index is 0.0776. The molecule has 3 heteroatoms. The number of carbonyl (C=O) groups excluding carboxylic acids is 1. The lowest BCUT2D eigenvalue weighted by Gasteiger charge is -2.24. The maximum Gasteiger partial charge on any atom is 0.221 e. The lowest BCUT2D eigenvalue weighted by atomic mass is 9.87. The SMILES string of the molecule is Cc1cccc(C(CC(=O)NC2CCCCC2)c2cn(CC3CC3)c3ccccc23)c1. The fourth-order valence-corrected chi connectivity index (χ4v) is 5.30. The molecule has 0 bridgehead atoms. The Labute approximate surface area is 185 Å². The highest BCUT2D eigenvalue weighted by molar-refractivity contribution is 5.86. The number of carbonyl (C=O) groups is 1. The van der Waals surface area contributed by atoms with Crippen LogP contribution in [-0.2, 0) is 11.3 Å². The molecule has 5 rings (SSSR count). The number of hydrogen-bond donors (Lipinski definition) is 1. The van der Waals surface area contributed by atoms with Gasteiger partial charge in [0.25, 0.3) is 0 Å². The largest absolute Gasteiger partial charge is 0.353 e. The molecule has 0 saturated heterocycles. The van der Waals surface area contributed by atoms with E-state index < -0.39 is 0 Å². The number of benzene rings is 2. The monoisotopic (exact) mass is 414 g/mol. The number of rotatable bonds is 7. The van der Waals surface area contributed by atoms with Crippen LogP contribution in [0.3, 0.4) is 0 Å². The van der Waals surface area contributed by atoms with E-state index >= 15 is 0 Å². The van der Waals surface area contributed by atoms with Gasteiger partial charge < -0.3 is 9.88 Å². The number of fused-ring (bicyclic) bond motifs is 1. The van der Waals surface area contributed by atoms with Gasteiger partial charge >= 0.3 is 0 Å². The van der Waals surface area contributed by atoms with Crippen molar-refractivity contribution >= 4 is 16.8 Å². The van der Waals surface area contributed by atoms with Gasteiger partial charge in [-0.05, 0) is 55.7 Å². The van der Waals surface area contributed by atoms with Gasteiger partial charge in [-0.3, -0.25) is 4.79 Å². The summed E-state index contributed by atoms with van der Waals surface area (Å²) < 4.78 is 2.43. The van der Waals surface area contributed by atoms with Crippen LogP contribution in [0.5, 0.6) is 0 Å². The number of para-hydroxylation sites is 1. The van der Waals surface area contributed by atoms with E-state index in [1.165, 1.54) is 59.7 Å². The molecule has 162 valence electrons. The smallest absolute Gasteiger partial charge is 0.221 e. The van der Waals surface area contributed by atoms with Crippen molar-refractivity contribution < 1.29 is 4.79 Å². The molecule has 0 aliphatic heterocycles. The van der Waals surface area contributed by atoms with Gasteiger partial charge in [-0.2, -0.15) is 0 Å². The lowest BCUT2D eigenvalue weighted by molar-refractivity contribution is -0.122. The third-order valence-electron chi connectivity index (χ3n) is 7.15. The molecule has 1 N–H and O–H groups in total. The average Bonchev–Trinajstić information content (AvgIpc) is 3.53. The third-order valence-corrected chi connectivity index (χ3v) is 7.15. The van der Waals surface area contributed by atoms with Crippen molar-refractivity contribution in [1.82, 2.24) is 9.88 Å². The molecule has 2 aliphatic rings. The Morgan fingerprint density at radius 3 is 2.61 bits per heavy atom. The minimum absolute atomic E-state index is 0.0776. The van der Waals surface area contributed by atoms with E-state index in [4.69, 9.17) is 0 Å². The molecule has 2 saturated carbocycles. The van der Waals surface area contributed by atoms with Crippen LogP contribution in [0.25, 0.3) is 10.9 Å². The molecule has 1 amide bonds. The van der Waals surface area contributed by atoms with Crippen molar-refractivity contribution in [2.24, 2.45) is 5.92 Å². The summed E-state index contributed by atoms with van der Waals surface area (Å²) in [4.78, 5) is 13.2. The fraction of sp³-hybridized carbons (Fsp3) is 0.464. The first kappa shape index (κ1) is 20.4. The van der Waals surface area contributed by atoms with Gasteiger partial charge in [0.05, 0.1) is 0 Å². The quantitative estimate of drug-likeness (QED) is 0.481. The van der Waals surface area contributed by atoms with Crippen LogP contribution in [0.1, 0.15) is 74.0 Å². The van der Waals surface area contributed by atoms with Crippen LogP contribution < -0.4 is 5.32 Å². The number of nitrogens with one attached hydrogen (secondary N) is 1. The Balaban J connectivity index is 1.49. The lowest BCUT2D eigenvalue weighted by Crippen LogP contribution is -2.36. The highest BCUT2D eigenvalue weighted by Crippen LogP contribution is 2.38. The standard InChI is InChI=1S/C28H34N2O/c1-20-8-7-9-22(16-20)25(17-28(31)29-23-10-3-2-4-11-23)26-19-30(18-21-14-15-21)27-13-6-5-12-24(26)27/h5-9,12-13,16,19,21,23,25H,2-4,10-11,14-15,17-18H2,1H3,(H,29,31). The molecule has 2 fully saturated rings. The summed E-state index contributed by atoms with van der Waals surface area (Å²) >= 11 is 0. The molecule has 2 aromatic carbocycles. The molecule has 3 aromatic rings. The van der Waals surface area contributed by atoms with E-state index in [-0.39, 0.29) is 11.8 Å². The van der Waals surface area contributed by atoms with Crippen LogP contribution in [0, 0.1) is 12.8 Å². The highest BCUT2D eigenvalue weighted by atomic mass is 16.1. The van der Waals surface area contributed by atoms with Gasteiger partial charge in [-0.15, -0.1) is 0 Å². The first-order valence-electron chi connectivity index (χ1n) is 12.1. The summed E-state index contributed by atoms with van der Waals surface area (Å²) in [5, 5.41) is 4.65. The Morgan fingerprint density at radius 2 is 1.84 bits per heavy atom. The van der Waals surface area contributed by atoms with Gasteiger partial charge in [0.15, 0.2) is 0 Å². The van der Waals surface area contributed by atoms with Gasteiger partial charge in [-0.25, -0.2) is 0 Å². The number of nitrogens with zero attached hydrogens (tertiary/aromatic N) is 1. The minimum Gasteiger partial charge on any atom is -0.353 e. The first-order valence-corrected chi connectivity index (χ1v) is 12.1. The van der Waals surface area contributed by atoms with Crippen molar-refractivity contribution in [1.29, 1.82) is 0 Å². The zero-order valence-corrected chi connectivity index (χ0v) is 18.6. The molecule has 2 aliphatic carbocycles. The maximum atomic E-state index is 13.2. The van der Waals surface area contributed by atoms with Crippen molar-refractivity contribution in [3.05, 3.63) is 71.4 Å². The molecule has 0 radical (unpaired) electrons. The molecule has 31 heavy (non-hydrogen) atoms. The van der Waals surface area contributed by atoms with Crippen LogP contribution in [0.2, 0.25) is 0 Å². The number of aromatic nitrogens is 1. The van der Waals surface area contributed by atoms with Gasteiger partial charge in [0, 0.05) is 42.0 Å². The number of amides is 1. The summed E-state index contributed by atoms with van der Waals surface area (Å²) in [6.07, 6.45) is 11.6. The normalized spacial score (nSPS) is 18.2. The third kappa shape index (κ3) is 4.71. The molecule has 1 atom stereocenters. The molecule has 0 spiro atoms. The highest BCUT2D eigenvalue weighted by Gasteiger charge is 2.27. The summed E-state index contributed by atoms with van der Waals surface area (Å²) in [7, 11) is 0. The second-order valence-corrected chi connectivity index (χ2v) is 9.77. The molecule has 1 unspecified atom stereocenters. The predicted octanol–water partition coefficient (Wildman–Crippen LogP) is 6.33. The average molecular weight is 415 g/mol. The van der Waals surface area contributed by atoms with Crippen LogP contribution in [0.15, 0.2) is 54.7 Å². The Kier molecular flexibility index (Phi) is 5.85. The Hall–Kier alpha value is -2.55. The van der Waals surface area contributed by atoms with E-state index in [1.807, 2.05) is 0 Å². The number of aryl methyl sites for hydroxylation is 1.